The van der Waals surface area contributed by atoms with Gasteiger partial charge >= 0.3 is 0 Å². The molecular formula is C6H10N4OS. The highest BCUT2D eigenvalue weighted by Crippen LogP contribution is 2.15. The number of ether oxygens (including phenoxy) is 1. The number of rotatable bonds is 3. The highest BCUT2D eigenvalue weighted by atomic mass is 32.2. The fraction of sp³-hybridized carbons (Fsp3) is 0.333. The van der Waals surface area contributed by atoms with Gasteiger partial charge < -0.3 is 16.2 Å². The van der Waals surface area contributed by atoms with E-state index in [1.165, 1.54) is 17.8 Å². The molecule has 12 heavy (non-hydrogen) atoms. The third-order valence-corrected chi connectivity index (χ3v) is 1.85. The summed E-state index contributed by atoms with van der Waals surface area (Å²) in [5.74, 6) is 1.24. The standard InChI is InChI=1S/C6H10N4OS/c1-11-3-12-6-9-4(7)2-5(8)10-6/h2H,3H2,1H3,(H4,7,8,9,10). The molecule has 0 bridgehead atoms. The summed E-state index contributed by atoms with van der Waals surface area (Å²) in [6.07, 6.45) is 0. The highest BCUT2D eigenvalue weighted by molar-refractivity contribution is 7.99. The number of aromatic nitrogens is 2. The second-order valence-electron chi connectivity index (χ2n) is 2.05. The van der Waals surface area contributed by atoms with E-state index in [0.717, 1.165) is 0 Å². The van der Waals surface area contributed by atoms with Crippen LogP contribution in [0.5, 0.6) is 0 Å². The molecule has 0 atom stereocenters. The van der Waals surface area contributed by atoms with E-state index in [1.807, 2.05) is 0 Å². The largest absolute Gasteiger partial charge is 0.383 e. The lowest BCUT2D eigenvalue weighted by atomic mass is 10.5. The third-order valence-electron chi connectivity index (χ3n) is 1.05. The van der Waals surface area contributed by atoms with Gasteiger partial charge in [-0.15, -0.1) is 0 Å². The first-order valence-corrected chi connectivity index (χ1v) is 4.22. The number of methoxy groups -OCH3 is 1. The molecule has 0 spiro atoms. The fourth-order valence-electron chi connectivity index (χ4n) is 0.638. The second kappa shape index (κ2) is 4.13. The average molecular weight is 186 g/mol. The minimum atomic E-state index is 0.376. The van der Waals surface area contributed by atoms with Crippen LogP contribution >= 0.6 is 11.8 Å². The Kier molecular flexibility index (Phi) is 3.12. The van der Waals surface area contributed by atoms with E-state index in [4.69, 9.17) is 16.2 Å². The fourth-order valence-corrected chi connectivity index (χ4v) is 1.20. The van der Waals surface area contributed by atoms with Crippen LogP contribution in [0.15, 0.2) is 11.2 Å². The van der Waals surface area contributed by atoms with Crippen LogP contribution in [0.25, 0.3) is 0 Å². The van der Waals surface area contributed by atoms with Gasteiger partial charge in [0.1, 0.15) is 11.6 Å². The van der Waals surface area contributed by atoms with E-state index in [9.17, 15) is 0 Å². The second-order valence-corrected chi connectivity index (χ2v) is 2.94. The van der Waals surface area contributed by atoms with Gasteiger partial charge in [-0.1, -0.05) is 11.8 Å². The van der Waals surface area contributed by atoms with Gasteiger partial charge in [0.25, 0.3) is 0 Å². The molecule has 0 aliphatic carbocycles. The van der Waals surface area contributed by atoms with E-state index in [2.05, 4.69) is 9.97 Å². The lowest BCUT2D eigenvalue weighted by molar-refractivity contribution is 0.258. The molecule has 1 heterocycles. The van der Waals surface area contributed by atoms with Crippen molar-refractivity contribution in [2.45, 2.75) is 5.16 Å². The van der Waals surface area contributed by atoms with Crippen molar-refractivity contribution in [3.63, 3.8) is 0 Å². The molecule has 1 rings (SSSR count). The maximum atomic E-state index is 5.45. The van der Waals surface area contributed by atoms with Crippen LogP contribution in [0, 0.1) is 0 Å². The average Bonchev–Trinajstić information content (AvgIpc) is 1.99. The van der Waals surface area contributed by atoms with E-state index in [0.29, 0.717) is 22.7 Å². The molecule has 6 heteroatoms. The lowest BCUT2D eigenvalue weighted by Crippen LogP contribution is -1.99. The number of hydrogen-bond donors (Lipinski definition) is 2. The summed E-state index contributed by atoms with van der Waals surface area (Å²) in [5.41, 5.74) is 10.9. The molecule has 0 aromatic carbocycles. The van der Waals surface area contributed by atoms with Crippen LogP contribution in [-0.2, 0) is 4.74 Å². The van der Waals surface area contributed by atoms with Crippen molar-refractivity contribution in [2.24, 2.45) is 0 Å². The molecule has 0 fully saturated rings. The van der Waals surface area contributed by atoms with Crippen molar-refractivity contribution in [3.8, 4) is 0 Å². The molecule has 0 aliphatic heterocycles. The van der Waals surface area contributed by atoms with E-state index in [-0.39, 0.29) is 0 Å². The third kappa shape index (κ3) is 2.55. The van der Waals surface area contributed by atoms with Crippen molar-refractivity contribution >= 4 is 23.4 Å². The zero-order valence-corrected chi connectivity index (χ0v) is 7.47. The normalized spacial score (nSPS) is 10.1. The summed E-state index contributed by atoms with van der Waals surface area (Å²) < 4.78 is 4.83. The Bertz CT molecular complexity index is 247. The summed E-state index contributed by atoms with van der Waals surface area (Å²) in [6.45, 7) is 0. The lowest BCUT2D eigenvalue weighted by Gasteiger charge is -2.00. The number of thioether (sulfide) groups is 1. The molecule has 66 valence electrons. The minimum Gasteiger partial charge on any atom is -0.383 e. The summed E-state index contributed by atoms with van der Waals surface area (Å²) in [6, 6.07) is 1.51. The number of nitrogens with zero attached hydrogens (tertiary/aromatic N) is 2. The monoisotopic (exact) mass is 186 g/mol. The molecule has 1 aromatic rings. The van der Waals surface area contributed by atoms with E-state index >= 15 is 0 Å². The molecular weight excluding hydrogens is 176 g/mol. The molecule has 0 radical (unpaired) electrons. The van der Waals surface area contributed by atoms with Gasteiger partial charge in [-0.2, -0.15) is 0 Å². The van der Waals surface area contributed by atoms with Gasteiger partial charge in [-0.05, 0) is 0 Å². The zero-order chi connectivity index (χ0) is 8.97. The smallest absolute Gasteiger partial charge is 0.193 e. The van der Waals surface area contributed by atoms with E-state index < -0.39 is 0 Å². The Hall–Kier alpha value is -1.01. The van der Waals surface area contributed by atoms with Crippen molar-refractivity contribution in [2.75, 3.05) is 24.5 Å². The van der Waals surface area contributed by atoms with Crippen LogP contribution in [0.4, 0.5) is 11.6 Å². The van der Waals surface area contributed by atoms with Gasteiger partial charge in [0.05, 0.1) is 5.94 Å². The first-order chi connectivity index (χ1) is 5.72. The maximum absolute atomic E-state index is 5.45. The molecule has 1 aromatic heterocycles. The quantitative estimate of drug-likeness (QED) is 0.402. The Balaban J connectivity index is 2.72. The van der Waals surface area contributed by atoms with Gasteiger partial charge in [-0.25, -0.2) is 9.97 Å². The SMILES string of the molecule is COCSc1nc(N)cc(N)n1. The molecule has 0 saturated carbocycles. The first kappa shape index (κ1) is 9.08. The molecule has 0 amide bonds. The Morgan fingerprint density at radius 3 is 2.50 bits per heavy atom. The molecule has 0 unspecified atom stereocenters. The molecule has 5 nitrogen and oxygen atoms in total. The predicted octanol–water partition coefficient (Wildman–Crippen LogP) is 0.337. The van der Waals surface area contributed by atoms with Gasteiger partial charge in [0, 0.05) is 13.2 Å². The Labute approximate surface area is 74.5 Å². The zero-order valence-electron chi connectivity index (χ0n) is 6.65. The Morgan fingerprint density at radius 2 is 2.00 bits per heavy atom. The van der Waals surface area contributed by atoms with Gasteiger partial charge in [-0.3, -0.25) is 0 Å². The number of hydrogen-bond acceptors (Lipinski definition) is 6. The van der Waals surface area contributed by atoms with Crippen molar-refractivity contribution in [1.82, 2.24) is 9.97 Å². The predicted molar refractivity (Wildman–Crippen MR) is 48.6 cm³/mol. The number of nitrogen functional groups attached to an aromatic ring is 2. The molecule has 4 N–H and O–H groups in total. The van der Waals surface area contributed by atoms with Crippen LogP contribution in [0.3, 0.4) is 0 Å². The van der Waals surface area contributed by atoms with Crippen LogP contribution in [0.1, 0.15) is 0 Å². The van der Waals surface area contributed by atoms with Gasteiger partial charge in [0.15, 0.2) is 5.16 Å². The van der Waals surface area contributed by atoms with Crippen LogP contribution in [-0.4, -0.2) is 23.0 Å². The van der Waals surface area contributed by atoms with Crippen molar-refractivity contribution < 1.29 is 4.74 Å². The van der Waals surface area contributed by atoms with Gasteiger partial charge in [0.2, 0.25) is 0 Å². The maximum Gasteiger partial charge on any atom is 0.193 e. The minimum absolute atomic E-state index is 0.376. The Morgan fingerprint density at radius 1 is 1.42 bits per heavy atom. The summed E-state index contributed by atoms with van der Waals surface area (Å²) in [5, 5.41) is 0.536. The molecule has 0 aliphatic rings. The summed E-state index contributed by atoms with van der Waals surface area (Å²) in [7, 11) is 1.60. The first-order valence-electron chi connectivity index (χ1n) is 3.24. The van der Waals surface area contributed by atoms with Crippen molar-refractivity contribution in [3.05, 3.63) is 6.07 Å². The number of anilines is 2. The van der Waals surface area contributed by atoms with Crippen LogP contribution < -0.4 is 11.5 Å². The summed E-state index contributed by atoms with van der Waals surface area (Å²) >= 11 is 1.34. The highest BCUT2D eigenvalue weighted by Gasteiger charge is 1.99. The molecule has 0 saturated heterocycles. The van der Waals surface area contributed by atoms with Crippen molar-refractivity contribution in [1.29, 1.82) is 0 Å². The van der Waals surface area contributed by atoms with E-state index in [1.54, 1.807) is 7.11 Å². The summed E-state index contributed by atoms with van der Waals surface area (Å²) in [4.78, 5) is 7.88. The van der Waals surface area contributed by atoms with Crippen LogP contribution in [0.2, 0.25) is 0 Å². The topological polar surface area (TPSA) is 87.0 Å². The number of nitrogens with two attached hydrogens (primary N) is 2.